The van der Waals surface area contributed by atoms with Crippen LogP contribution in [-0.4, -0.2) is 41.9 Å². The lowest BCUT2D eigenvalue weighted by Crippen LogP contribution is -2.24. The molecule has 38 heavy (non-hydrogen) atoms. The summed E-state index contributed by atoms with van der Waals surface area (Å²) < 4.78 is 16.1. The molecule has 0 atom stereocenters. The molecule has 1 aliphatic rings. The zero-order chi connectivity index (χ0) is 26.4. The number of phenols is 1. The van der Waals surface area contributed by atoms with Gasteiger partial charge >= 0.3 is 0 Å². The van der Waals surface area contributed by atoms with Crippen molar-refractivity contribution in [2.75, 3.05) is 17.6 Å². The highest BCUT2D eigenvalue weighted by atomic mass is 32.2. The number of benzene rings is 2. The summed E-state index contributed by atoms with van der Waals surface area (Å²) in [5, 5.41) is 14.8. The Morgan fingerprint density at radius 3 is 2.74 bits per heavy atom. The Morgan fingerprint density at radius 1 is 1.05 bits per heavy atom. The third-order valence-corrected chi connectivity index (χ3v) is 8.08. The molecule has 0 unspecified atom stereocenters. The maximum absolute atomic E-state index is 14.0. The fourth-order valence-corrected chi connectivity index (χ4v) is 6.01. The first-order valence-corrected chi connectivity index (χ1v) is 13.4. The molecule has 192 valence electrons. The first kappa shape index (κ1) is 24.4. The maximum atomic E-state index is 14.0. The summed E-state index contributed by atoms with van der Waals surface area (Å²) in [7, 11) is 0. The summed E-state index contributed by atoms with van der Waals surface area (Å²) in [4.78, 5) is 18.4. The van der Waals surface area contributed by atoms with Crippen molar-refractivity contribution in [2.24, 2.45) is 0 Å². The summed E-state index contributed by atoms with van der Waals surface area (Å²) in [6.45, 7) is 6.94. The standard InChI is InChI=1S/C29H27FN6OS/c1-17-5-4-6-19(11-17)22-12-18(7-8-23(22)37)9-10-32-26-24-27(36-28(33-24)38-16-29(36,2)3)35-25(34-26)20-13-21(30)15-31-14-20/h4-8,11-15,37H,9-10,16H2,1-3H3,(H,32,34,35). The van der Waals surface area contributed by atoms with Gasteiger partial charge in [-0.1, -0.05) is 47.7 Å². The van der Waals surface area contributed by atoms with E-state index < -0.39 is 5.82 Å². The lowest BCUT2D eigenvalue weighted by molar-refractivity contribution is 0.404. The maximum Gasteiger partial charge on any atom is 0.171 e. The van der Waals surface area contributed by atoms with Crippen LogP contribution >= 0.6 is 11.8 Å². The summed E-state index contributed by atoms with van der Waals surface area (Å²) in [6.07, 6.45) is 3.44. The largest absolute Gasteiger partial charge is 0.507 e. The highest BCUT2D eigenvalue weighted by Crippen LogP contribution is 2.41. The van der Waals surface area contributed by atoms with Crippen LogP contribution in [0.15, 0.2) is 66.1 Å². The first-order valence-electron chi connectivity index (χ1n) is 12.5. The second kappa shape index (κ2) is 9.40. The number of rotatable bonds is 6. The lowest BCUT2D eigenvalue weighted by atomic mass is 9.99. The molecule has 2 N–H and O–H groups in total. The summed E-state index contributed by atoms with van der Waals surface area (Å²) in [5.74, 6) is 1.72. The van der Waals surface area contributed by atoms with Gasteiger partial charge in [-0.3, -0.25) is 9.55 Å². The van der Waals surface area contributed by atoms with Crippen molar-refractivity contribution < 1.29 is 9.50 Å². The van der Waals surface area contributed by atoms with Crippen molar-refractivity contribution in [3.8, 4) is 28.3 Å². The first-order chi connectivity index (χ1) is 18.3. The summed E-state index contributed by atoms with van der Waals surface area (Å²) in [5.41, 5.74) is 5.77. The summed E-state index contributed by atoms with van der Waals surface area (Å²) >= 11 is 1.70. The van der Waals surface area contributed by atoms with Crippen LogP contribution in [0.5, 0.6) is 5.75 Å². The van der Waals surface area contributed by atoms with Gasteiger partial charge < -0.3 is 10.4 Å². The van der Waals surface area contributed by atoms with Gasteiger partial charge in [-0.25, -0.2) is 19.3 Å². The predicted octanol–water partition coefficient (Wildman–Crippen LogP) is 6.20. The van der Waals surface area contributed by atoms with Crippen molar-refractivity contribution in [3.05, 3.63) is 77.9 Å². The molecular weight excluding hydrogens is 499 g/mol. The molecule has 0 bridgehead atoms. The fourth-order valence-electron chi connectivity index (χ4n) is 4.78. The molecule has 0 spiro atoms. The van der Waals surface area contributed by atoms with Crippen molar-refractivity contribution in [1.82, 2.24) is 24.5 Å². The fraction of sp³-hybridized carbons (Fsp3) is 0.241. The number of hydrogen-bond donors (Lipinski definition) is 2. The molecular formula is C29H27FN6OS. The molecule has 6 rings (SSSR count). The van der Waals surface area contributed by atoms with Crippen LogP contribution in [0.25, 0.3) is 33.7 Å². The molecule has 9 heteroatoms. The number of fused-ring (bicyclic) bond motifs is 3. The zero-order valence-electron chi connectivity index (χ0n) is 21.4. The van der Waals surface area contributed by atoms with E-state index in [2.05, 4.69) is 34.8 Å². The van der Waals surface area contributed by atoms with E-state index in [0.29, 0.717) is 35.7 Å². The zero-order valence-corrected chi connectivity index (χ0v) is 22.2. The van der Waals surface area contributed by atoms with Gasteiger partial charge in [0.1, 0.15) is 11.6 Å². The molecule has 7 nitrogen and oxygen atoms in total. The monoisotopic (exact) mass is 526 g/mol. The van der Waals surface area contributed by atoms with Crippen LogP contribution in [0.3, 0.4) is 0 Å². The number of aryl methyl sites for hydroxylation is 1. The van der Waals surface area contributed by atoms with Crippen molar-refractivity contribution in [2.45, 2.75) is 37.9 Å². The number of imidazole rings is 1. The Bertz CT molecular complexity index is 1680. The minimum absolute atomic E-state index is 0.157. The van der Waals surface area contributed by atoms with Gasteiger partial charge in [-0.2, -0.15) is 0 Å². The van der Waals surface area contributed by atoms with Crippen LogP contribution < -0.4 is 5.32 Å². The van der Waals surface area contributed by atoms with Crippen LogP contribution in [0.4, 0.5) is 10.2 Å². The van der Waals surface area contributed by atoms with Crippen LogP contribution in [0.2, 0.25) is 0 Å². The van der Waals surface area contributed by atoms with Crippen molar-refractivity contribution in [1.29, 1.82) is 0 Å². The number of aromatic hydroxyl groups is 1. The predicted molar refractivity (Wildman–Crippen MR) is 149 cm³/mol. The molecule has 0 radical (unpaired) electrons. The number of thioether (sulfide) groups is 1. The number of nitrogens with one attached hydrogen (secondary N) is 1. The lowest BCUT2D eigenvalue weighted by Gasteiger charge is -2.20. The smallest absolute Gasteiger partial charge is 0.171 e. The van der Waals surface area contributed by atoms with Gasteiger partial charge in [-0.05, 0) is 56.5 Å². The van der Waals surface area contributed by atoms with Gasteiger partial charge in [0.2, 0.25) is 0 Å². The van der Waals surface area contributed by atoms with E-state index in [4.69, 9.17) is 15.0 Å². The molecule has 2 aromatic carbocycles. The van der Waals surface area contributed by atoms with E-state index in [-0.39, 0.29) is 11.3 Å². The quantitative estimate of drug-likeness (QED) is 0.272. The Labute approximate surface area is 224 Å². The molecule has 5 aromatic rings. The molecule has 0 saturated heterocycles. The molecule has 1 aliphatic heterocycles. The number of pyridine rings is 1. The van der Waals surface area contributed by atoms with E-state index in [9.17, 15) is 9.50 Å². The number of aromatic nitrogens is 5. The highest BCUT2D eigenvalue weighted by Gasteiger charge is 2.35. The average molecular weight is 527 g/mol. The van der Waals surface area contributed by atoms with Crippen LogP contribution in [0.1, 0.15) is 25.0 Å². The van der Waals surface area contributed by atoms with Crippen LogP contribution in [0, 0.1) is 12.7 Å². The highest BCUT2D eigenvalue weighted by molar-refractivity contribution is 7.99. The molecule has 0 fully saturated rings. The number of nitrogens with zero attached hydrogens (tertiary/aromatic N) is 5. The second-order valence-electron chi connectivity index (χ2n) is 10.2. The third kappa shape index (κ3) is 4.47. The minimum atomic E-state index is -0.438. The van der Waals surface area contributed by atoms with Crippen molar-refractivity contribution >= 4 is 28.7 Å². The van der Waals surface area contributed by atoms with E-state index in [0.717, 1.165) is 38.8 Å². The average Bonchev–Trinajstić information content (AvgIpc) is 3.42. The van der Waals surface area contributed by atoms with Crippen molar-refractivity contribution in [3.63, 3.8) is 0 Å². The molecule has 0 aliphatic carbocycles. The van der Waals surface area contributed by atoms with E-state index in [1.54, 1.807) is 24.0 Å². The van der Waals surface area contributed by atoms with Gasteiger partial charge in [0, 0.05) is 29.6 Å². The normalized spacial score (nSPS) is 14.1. The topological polar surface area (TPSA) is 88.8 Å². The van der Waals surface area contributed by atoms with E-state index >= 15 is 0 Å². The van der Waals surface area contributed by atoms with Gasteiger partial charge in [0.15, 0.2) is 28.0 Å². The summed E-state index contributed by atoms with van der Waals surface area (Å²) in [6, 6.07) is 15.2. The molecule has 0 amide bonds. The number of halogens is 1. The Morgan fingerprint density at radius 2 is 1.92 bits per heavy atom. The minimum Gasteiger partial charge on any atom is -0.507 e. The van der Waals surface area contributed by atoms with Gasteiger partial charge in [0.25, 0.3) is 0 Å². The second-order valence-corrected chi connectivity index (χ2v) is 11.1. The Balaban J connectivity index is 1.33. The molecule has 0 saturated carbocycles. The Kier molecular flexibility index (Phi) is 6.03. The molecule has 3 aromatic heterocycles. The Hall–Kier alpha value is -3.98. The number of anilines is 1. The van der Waals surface area contributed by atoms with Crippen LogP contribution in [-0.2, 0) is 12.0 Å². The van der Waals surface area contributed by atoms with Gasteiger partial charge in [-0.15, -0.1) is 0 Å². The SMILES string of the molecule is Cc1cccc(-c2cc(CCNc3nc(-c4cncc(F)c4)nc4c3nc3n4C(C)(C)CS3)ccc2O)c1. The number of phenolic OH excluding ortho intramolecular Hbond substituents is 1. The van der Waals surface area contributed by atoms with E-state index in [1.165, 1.54) is 12.3 Å². The third-order valence-electron chi connectivity index (χ3n) is 6.70. The molecule has 4 heterocycles. The van der Waals surface area contributed by atoms with E-state index in [1.807, 2.05) is 37.3 Å². The number of hydrogen-bond acceptors (Lipinski definition) is 7. The van der Waals surface area contributed by atoms with Gasteiger partial charge in [0.05, 0.1) is 11.7 Å².